The molecule has 0 saturated carbocycles. The molecule has 1 amide bonds. The average molecular weight is 324 g/mol. The number of aliphatic hydroxyl groups is 1. The molecule has 4 heteroatoms. The number of nitrogens with one attached hydrogen (secondary N) is 1. The number of piperidine rings is 1. The summed E-state index contributed by atoms with van der Waals surface area (Å²) in [5.41, 5.74) is 2.21. The molecule has 126 valence electrons. The van der Waals surface area contributed by atoms with Crippen LogP contribution in [0.3, 0.4) is 0 Å². The first-order chi connectivity index (χ1) is 11.6. The highest BCUT2D eigenvalue weighted by Gasteiger charge is 2.40. The number of carbonyl (C=O) groups is 1. The Bertz CT molecular complexity index is 702. The highest BCUT2D eigenvalue weighted by atomic mass is 16.3. The summed E-state index contributed by atoms with van der Waals surface area (Å²) in [6, 6.07) is 18.5. The lowest BCUT2D eigenvalue weighted by molar-refractivity contribution is -0.154. The Kier molecular flexibility index (Phi) is 4.97. The van der Waals surface area contributed by atoms with Crippen molar-refractivity contribution in [1.82, 2.24) is 10.2 Å². The van der Waals surface area contributed by atoms with Crippen LogP contribution in [0.2, 0.25) is 0 Å². The van der Waals surface area contributed by atoms with Crippen molar-refractivity contribution in [2.75, 3.05) is 20.1 Å². The molecular formula is C20H24N2O2. The lowest BCUT2D eigenvalue weighted by atomic mass is 9.92. The number of amides is 1. The monoisotopic (exact) mass is 324 g/mol. The number of hydrogen-bond acceptors (Lipinski definition) is 3. The summed E-state index contributed by atoms with van der Waals surface area (Å²) in [5.74, 6) is -0.183. The predicted molar refractivity (Wildman–Crippen MR) is 95.4 cm³/mol. The van der Waals surface area contributed by atoms with Gasteiger partial charge in [-0.2, -0.15) is 0 Å². The summed E-state index contributed by atoms with van der Waals surface area (Å²) < 4.78 is 0. The van der Waals surface area contributed by atoms with E-state index in [9.17, 15) is 9.90 Å². The van der Waals surface area contributed by atoms with E-state index in [-0.39, 0.29) is 12.5 Å². The molecule has 1 aliphatic heterocycles. The third-order valence-electron chi connectivity index (χ3n) is 4.66. The van der Waals surface area contributed by atoms with Gasteiger partial charge in [-0.25, -0.2) is 0 Å². The van der Waals surface area contributed by atoms with Crippen molar-refractivity contribution in [2.45, 2.75) is 25.0 Å². The number of nitrogens with zero attached hydrogens (tertiary/aromatic N) is 1. The number of likely N-dealkylation sites (tertiary alicyclic amines) is 1. The van der Waals surface area contributed by atoms with Gasteiger partial charge in [0.1, 0.15) is 0 Å². The van der Waals surface area contributed by atoms with E-state index in [0.717, 1.165) is 18.5 Å². The van der Waals surface area contributed by atoms with Crippen LogP contribution in [0.4, 0.5) is 0 Å². The predicted octanol–water partition coefficient (Wildman–Crippen LogP) is 2.43. The van der Waals surface area contributed by atoms with Gasteiger partial charge >= 0.3 is 0 Å². The topological polar surface area (TPSA) is 52.6 Å². The van der Waals surface area contributed by atoms with Crippen LogP contribution in [0.15, 0.2) is 54.6 Å². The maximum absolute atomic E-state index is 12.2. The molecule has 1 atom stereocenters. The molecule has 1 saturated heterocycles. The molecule has 2 aromatic rings. The van der Waals surface area contributed by atoms with Gasteiger partial charge in [0.25, 0.3) is 5.91 Å². The first-order valence-electron chi connectivity index (χ1n) is 8.42. The van der Waals surface area contributed by atoms with Crippen molar-refractivity contribution in [1.29, 1.82) is 0 Å². The number of likely N-dealkylation sites (N-methyl/N-ethyl adjacent to an activating group) is 1. The minimum absolute atomic E-state index is 0.183. The van der Waals surface area contributed by atoms with Crippen LogP contribution in [0.1, 0.15) is 18.4 Å². The molecule has 1 aliphatic rings. The smallest absolute Gasteiger partial charge is 0.255 e. The molecule has 3 rings (SSSR count). The van der Waals surface area contributed by atoms with Crippen LogP contribution in [-0.4, -0.2) is 41.7 Å². The molecule has 0 radical (unpaired) electrons. The normalized spacial score (nSPS) is 21.1. The molecule has 0 aromatic heterocycles. The fraction of sp³-hybridized carbons (Fsp3) is 0.350. The van der Waals surface area contributed by atoms with E-state index in [2.05, 4.69) is 29.6 Å². The Morgan fingerprint density at radius 2 is 1.83 bits per heavy atom. The van der Waals surface area contributed by atoms with Gasteiger partial charge in [-0.3, -0.25) is 4.79 Å². The van der Waals surface area contributed by atoms with Crippen molar-refractivity contribution in [3.05, 3.63) is 60.2 Å². The van der Waals surface area contributed by atoms with Gasteiger partial charge in [-0.05, 0) is 29.5 Å². The van der Waals surface area contributed by atoms with E-state index in [1.807, 2.05) is 30.3 Å². The second-order valence-electron chi connectivity index (χ2n) is 6.49. The number of carbonyl (C=O) groups excluding carboxylic acids is 1. The zero-order chi connectivity index (χ0) is 17.0. The van der Waals surface area contributed by atoms with Crippen LogP contribution in [-0.2, 0) is 11.3 Å². The summed E-state index contributed by atoms with van der Waals surface area (Å²) in [7, 11) is 1.75. The zero-order valence-corrected chi connectivity index (χ0v) is 14.0. The molecule has 1 fully saturated rings. The molecule has 0 aliphatic carbocycles. The second-order valence-corrected chi connectivity index (χ2v) is 6.49. The minimum Gasteiger partial charge on any atom is -0.379 e. The molecule has 4 nitrogen and oxygen atoms in total. The van der Waals surface area contributed by atoms with Crippen molar-refractivity contribution >= 4 is 5.91 Å². The molecule has 0 spiro atoms. The Hall–Kier alpha value is -2.17. The van der Waals surface area contributed by atoms with Gasteiger partial charge in [-0.1, -0.05) is 54.6 Å². The number of hydrogen-bond donors (Lipinski definition) is 2. The van der Waals surface area contributed by atoms with E-state index < -0.39 is 5.60 Å². The van der Waals surface area contributed by atoms with Gasteiger partial charge in [0.15, 0.2) is 5.60 Å². The van der Waals surface area contributed by atoms with Crippen molar-refractivity contribution in [2.24, 2.45) is 0 Å². The van der Waals surface area contributed by atoms with Gasteiger partial charge < -0.3 is 15.3 Å². The highest BCUT2D eigenvalue weighted by molar-refractivity contribution is 5.85. The van der Waals surface area contributed by atoms with E-state index in [1.54, 1.807) is 11.9 Å². The molecule has 2 aromatic carbocycles. The lowest BCUT2D eigenvalue weighted by Crippen LogP contribution is -2.56. The molecule has 0 unspecified atom stereocenters. The van der Waals surface area contributed by atoms with Crippen LogP contribution >= 0.6 is 0 Å². The standard InChI is InChI=1S/C20H24N2O2/c1-22-13-7-12-20(24,19(22)23)15-21-14-17-10-5-6-11-18(17)16-8-3-2-4-9-16/h2-6,8-11,21,24H,7,12-15H2,1H3/t20-/m1/s1. The van der Waals surface area contributed by atoms with Crippen LogP contribution in [0, 0.1) is 0 Å². The maximum Gasteiger partial charge on any atom is 0.255 e. The second kappa shape index (κ2) is 7.16. The Morgan fingerprint density at radius 1 is 1.12 bits per heavy atom. The molecule has 24 heavy (non-hydrogen) atoms. The largest absolute Gasteiger partial charge is 0.379 e. The van der Waals surface area contributed by atoms with E-state index >= 15 is 0 Å². The summed E-state index contributed by atoms with van der Waals surface area (Å²) in [6.07, 6.45) is 1.35. The fourth-order valence-electron chi connectivity index (χ4n) is 3.31. The third kappa shape index (κ3) is 3.50. The van der Waals surface area contributed by atoms with Crippen LogP contribution < -0.4 is 5.32 Å². The quantitative estimate of drug-likeness (QED) is 0.888. The number of rotatable bonds is 5. The van der Waals surface area contributed by atoms with Crippen molar-refractivity contribution < 1.29 is 9.90 Å². The number of benzene rings is 2. The van der Waals surface area contributed by atoms with Crippen LogP contribution in [0.5, 0.6) is 0 Å². The third-order valence-corrected chi connectivity index (χ3v) is 4.66. The zero-order valence-electron chi connectivity index (χ0n) is 14.0. The van der Waals surface area contributed by atoms with Crippen molar-refractivity contribution in [3.63, 3.8) is 0 Å². The Morgan fingerprint density at radius 3 is 2.62 bits per heavy atom. The van der Waals surface area contributed by atoms with E-state index in [4.69, 9.17) is 0 Å². The molecular weight excluding hydrogens is 300 g/mol. The average Bonchev–Trinajstić information content (AvgIpc) is 2.61. The first kappa shape index (κ1) is 16.7. The maximum atomic E-state index is 12.2. The first-order valence-corrected chi connectivity index (χ1v) is 8.42. The summed E-state index contributed by atoms with van der Waals surface area (Å²) in [6.45, 7) is 1.61. The van der Waals surface area contributed by atoms with Crippen molar-refractivity contribution in [3.8, 4) is 11.1 Å². The highest BCUT2D eigenvalue weighted by Crippen LogP contribution is 2.24. The van der Waals surface area contributed by atoms with E-state index in [1.165, 1.54) is 11.1 Å². The SMILES string of the molecule is CN1CCC[C@@](O)(CNCc2ccccc2-c2ccccc2)C1=O. The minimum atomic E-state index is -1.28. The molecule has 1 heterocycles. The van der Waals surface area contributed by atoms with E-state index in [0.29, 0.717) is 13.0 Å². The van der Waals surface area contributed by atoms with Gasteiger partial charge in [0, 0.05) is 26.7 Å². The Labute approximate surface area is 143 Å². The fourth-order valence-corrected chi connectivity index (χ4v) is 3.31. The molecule has 0 bridgehead atoms. The lowest BCUT2D eigenvalue weighted by Gasteiger charge is -2.36. The summed E-state index contributed by atoms with van der Waals surface area (Å²) in [4.78, 5) is 13.8. The summed E-state index contributed by atoms with van der Waals surface area (Å²) in [5, 5.41) is 13.9. The van der Waals surface area contributed by atoms with Gasteiger partial charge in [0.05, 0.1) is 0 Å². The molecule has 2 N–H and O–H groups in total. The van der Waals surface area contributed by atoms with Gasteiger partial charge in [-0.15, -0.1) is 0 Å². The van der Waals surface area contributed by atoms with Crippen LogP contribution in [0.25, 0.3) is 11.1 Å². The Balaban J connectivity index is 1.69. The van der Waals surface area contributed by atoms with Gasteiger partial charge in [0.2, 0.25) is 0 Å². The summed E-state index contributed by atoms with van der Waals surface area (Å²) >= 11 is 0.